The zero-order valence-electron chi connectivity index (χ0n) is 12.1. The molecular weight excluding hydrogens is 296 g/mol. The predicted molar refractivity (Wildman–Crippen MR) is 82.7 cm³/mol. The number of ether oxygens (including phenoxy) is 1. The average Bonchev–Trinajstić information content (AvgIpc) is 2.88. The maximum Gasteiger partial charge on any atom is 0.339 e. The van der Waals surface area contributed by atoms with Crippen LogP contribution < -0.4 is 11.2 Å². The van der Waals surface area contributed by atoms with E-state index in [1.807, 2.05) is 12.1 Å². The molecule has 0 radical (unpaired) electrons. The zero-order chi connectivity index (χ0) is 16.2. The predicted octanol–water partition coefficient (Wildman–Crippen LogP) is 1.76. The van der Waals surface area contributed by atoms with Crippen LogP contribution in [0, 0.1) is 0 Å². The molecule has 116 valence electrons. The minimum absolute atomic E-state index is 0.300. The minimum atomic E-state index is -0.768. The van der Waals surface area contributed by atoms with Crippen LogP contribution >= 0.6 is 0 Å². The van der Waals surface area contributed by atoms with Crippen LogP contribution in [0.25, 0.3) is 0 Å². The molecule has 3 N–H and O–H groups in total. The number of hydrogen-bond donors (Lipinski definition) is 2. The van der Waals surface area contributed by atoms with Gasteiger partial charge in [0.25, 0.3) is 0 Å². The fourth-order valence-electron chi connectivity index (χ4n) is 2.43. The standard InChI is InChI=1S/C16H14N4O3/c17-16(22)20-19-13(10-4-3-7-18-9-10)8-14-11-5-1-2-6-12(11)15(21)23-14/h1-7,9,14H,8H2,(H3,17,20,22)/b19-13-. The monoisotopic (exact) mass is 310 g/mol. The third kappa shape index (κ3) is 3.18. The van der Waals surface area contributed by atoms with Crippen molar-refractivity contribution in [2.24, 2.45) is 10.8 Å². The number of benzene rings is 1. The molecule has 3 rings (SSSR count). The number of nitrogens with one attached hydrogen (secondary N) is 1. The van der Waals surface area contributed by atoms with Crippen LogP contribution in [0.2, 0.25) is 0 Å². The van der Waals surface area contributed by atoms with Crippen molar-refractivity contribution in [1.82, 2.24) is 10.4 Å². The average molecular weight is 310 g/mol. The number of carbonyl (C=O) groups is 2. The van der Waals surface area contributed by atoms with Gasteiger partial charge in [-0.3, -0.25) is 4.98 Å². The summed E-state index contributed by atoms with van der Waals surface area (Å²) in [4.78, 5) is 26.9. The number of urea groups is 1. The number of cyclic esters (lactones) is 1. The van der Waals surface area contributed by atoms with Crippen LogP contribution in [0.5, 0.6) is 0 Å². The first kappa shape index (κ1) is 14.7. The molecule has 1 aromatic carbocycles. The van der Waals surface area contributed by atoms with Gasteiger partial charge in [0.15, 0.2) is 0 Å². The number of hydrogen-bond acceptors (Lipinski definition) is 5. The molecule has 23 heavy (non-hydrogen) atoms. The van der Waals surface area contributed by atoms with Crippen LogP contribution in [-0.2, 0) is 4.74 Å². The highest BCUT2D eigenvalue weighted by Crippen LogP contribution is 2.33. The number of pyridine rings is 1. The number of fused-ring (bicyclic) bond motifs is 1. The van der Waals surface area contributed by atoms with E-state index in [0.717, 1.165) is 5.56 Å². The summed E-state index contributed by atoms with van der Waals surface area (Å²) in [5, 5.41) is 4.02. The molecule has 2 amide bonds. The van der Waals surface area contributed by atoms with E-state index in [1.54, 1.807) is 36.7 Å². The Labute approximate surface area is 132 Å². The Morgan fingerprint density at radius 2 is 2.13 bits per heavy atom. The minimum Gasteiger partial charge on any atom is -0.453 e. The third-order valence-corrected chi connectivity index (χ3v) is 3.45. The van der Waals surface area contributed by atoms with Gasteiger partial charge in [0.1, 0.15) is 6.10 Å². The van der Waals surface area contributed by atoms with Gasteiger partial charge in [0, 0.05) is 29.9 Å². The molecule has 1 unspecified atom stereocenters. The second kappa shape index (κ2) is 6.27. The Morgan fingerprint density at radius 3 is 2.87 bits per heavy atom. The van der Waals surface area contributed by atoms with Crippen molar-refractivity contribution < 1.29 is 14.3 Å². The largest absolute Gasteiger partial charge is 0.453 e. The number of nitrogens with two attached hydrogens (primary N) is 1. The van der Waals surface area contributed by atoms with Crippen molar-refractivity contribution in [3.63, 3.8) is 0 Å². The maximum atomic E-state index is 11.9. The Hall–Kier alpha value is -3.22. The summed E-state index contributed by atoms with van der Waals surface area (Å²) in [6.45, 7) is 0. The number of amides is 2. The highest BCUT2D eigenvalue weighted by molar-refractivity contribution is 6.02. The molecule has 2 aromatic rings. The molecule has 0 saturated carbocycles. The first-order valence-corrected chi connectivity index (χ1v) is 6.97. The van der Waals surface area contributed by atoms with E-state index in [1.165, 1.54) is 0 Å². The van der Waals surface area contributed by atoms with E-state index in [-0.39, 0.29) is 5.97 Å². The topological polar surface area (TPSA) is 107 Å². The molecule has 0 fully saturated rings. The van der Waals surface area contributed by atoms with Gasteiger partial charge in [-0.25, -0.2) is 15.0 Å². The van der Waals surface area contributed by atoms with E-state index >= 15 is 0 Å². The van der Waals surface area contributed by atoms with Gasteiger partial charge in [0.05, 0.1) is 11.3 Å². The SMILES string of the molecule is NC(=O)N/N=C(/CC1OC(=O)c2ccccc21)c1cccnc1. The molecule has 7 heteroatoms. The lowest BCUT2D eigenvalue weighted by atomic mass is 9.99. The van der Waals surface area contributed by atoms with Gasteiger partial charge in [0.2, 0.25) is 0 Å². The molecule has 0 bridgehead atoms. The van der Waals surface area contributed by atoms with Crippen molar-refractivity contribution in [3.05, 3.63) is 65.5 Å². The van der Waals surface area contributed by atoms with Crippen molar-refractivity contribution in [2.45, 2.75) is 12.5 Å². The quantitative estimate of drug-likeness (QED) is 0.509. The van der Waals surface area contributed by atoms with E-state index in [9.17, 15) is 9.59 Å². The summed E-state index contributed by atoms with van der Waals surface area (Å²) in [6.07, 6.45) is 3.08. The number of hydrazone groups is 1. The normalized spacial score (nSPS) is 16.6. The van der Waals surface area contributed by atoms with Crippen LogP contribution in [-0.4, -0.2) is 22.7 Å². The van der Waals surface area contributed by atoms with E-state index in [4.69, 9.17) is 10.5 Å². The number of nitrogens with zero attached hydrogens (tertiary/aromatic N) is 2. The Balaban J connectivity index is 1.90. The number of carbonyl (C=O) groups excluding carboxylic acids is 2. The highest BCUT2D eigenvalue weighted by atomic mass is 16.5. The number of primary amides is 1. The molecule has 0 spiro atoms. The maximum absolute atomic E-state index is 11.9. The van der Waals surface area contributed by atoms with Gasteiger partial charge in [-0.15, -0.1) is 0 Å². The first-order chi connectivity index (χ1) is 11.1. The van der Waals surface area contributed by atoms with E-state index < -0.39 is 12.1 Å². The lowest BCUT2D eigenvalue weighted by molar-refractivity contribution is 0.0400. The molecule has 1 aliphatic rings. The van der Waals surface area contributed by atoms with Crippen LogP contribution in [0.3, 0.4) is 0 Å². The molecule has 2 heterocycles. The third-order valence-electron chi connectivity index (χ3n) is 3.45. The summed E-state index contributed by atoms with van der Waals surface area (Å²) >= 11 is 0. The smallest absolute Gasteiger partial charge is 0.339 e. The molecule has 0 saturated heterocycles. The molecular formula is C16H14N4O3. The van der Waals surface area contributed by atoms with Gasteiger partial charge in [-0.2, -0.15) is 5.10 Å². The highest BCUT2D eigenvalue weighted by Gasteiger charge is 2.31. The summed E-state index contributed by atoms with van der Waals surface area (Å²) < 4.78 is 5.41. The van der Waals surface area contributed by atoms with Crippen molar-refractivity contribution in [1.29, 1.82) is 0 Å². The summed E-state index contributed by atoms with van der Waals surface area (Å²) in [6, 6.07) is 9.98. The van der Waals surface area contributed by atoms with Crippen LogP contribution in [0.4, 0.5) is 4.79 Å². The Kier molecular flexibility index (Phi) is 4.01. The van der Waals surface area contributed by atoms with Crippen molar-refractivity contribution >= 4 is 17.7 Å². The second-order valence-electron chi connectivity index (χ2n) is 4.96. The van der Waals surface area contributed by atoms with Gasteiger partial charge < -0.3 is 10.5 Å². The first-order valence-electron chi connectivity index (χ1n) is 6.97. The summed E-state index contributed by atoms with van der Waals surface area (Å²) in [7, 11) is 0. The summed E-state index contributed by atoms with van der Waals surface area (Å²) in [5.41, 5.74) is 9.86. The molecule has 0 aliphatic carbocycles. The molecule has 1 aromatic heterocycles. The van der Waals surface area contributed by atoms with Crippen molar-refractivity contribution in [3.8, 4) is 0 Å². The van der Waals surface area contributed by atoms with Crippen LogP contribution in [0.1, 0.15) is 34.0 Å². The Morgan fingerprint density at radius 1 is 1.30 bits per heavy atom. The fraction of sp³-hybridized carbons (Fsp3) is 0.125. The van der Waals surface area contributed by atoms with Crippen molar-refractivity contribution in [2.75, 3.05) is 0 Å². The van der Waals surface area contributed by atoms with E-state index in [0.29, 0.717) is 23.3 Å². The summed E-state index contributed by atoms with van der Waals surface area (Å²) in [5.74, 6) is -0.362. The lowest BCUT2D eigenvalue weighted by Gasteiger charge is -2.13. The molecule has 1 aliphatic heterocycles. The lowest BCUT2D eigenvalue weighted by Crippen LogP contribution is -2.26. The van der Waals surface area contributed by atoms with Gasteiger partial charge in [-0.1, -0.05) is 24.3 Å². The fourth-order valence-corrected chi connectivity index (χ4v) is 2.43. The number of esters is 1. The molecule has 7 nitrogen and oxygen atoms in total. The number of rotatable bonds is 4. The zero-order valence-corrected chi connectivity index (χ0v) is 12.1. The number of aromatic nitrogens is 1. The van der Waals surface area contributed by atoms with Crippen LogP contribution in [0.15, 0.2) is 53.9 Å². The van der Waals surface area contributed by atoms with Gasteiger partial charge in [-0.05, 0) is 12.1 Å². The Bertz CT molecular complexity index is 774. The van der Waals surface area contributed by atoms with E-state index in [2.05, 4.69) is 15.5 Å². The second-order valence-corrected chi connectivity index (χ2v) is 4.96. The molecule has 1 atom stereocenters. The van der Waals surface area contributed by atoms with Gasteiger partial charge >= 0.3 is 12.0 Å².